The topological polar surface area (TPSA) is 55.6 Å². The molecule has 1 saturated heterocycles. The van der Waals surface area contributed by atoms with Crippen LogP contribution in [0.25, 0.3) is 11.3 Å². The van der Waals surface area contributed by atoms with Crippen molar-refractivity contribution in [3.63, 3.8) is 0 Å². The van der Waals surface area contributed by atoms with Gasteiger partial charge in [-0.05, 0) is 12.1 Å². The van der Waals surface area contributed by atoms with E-state index >= 15 is 0 Å². The van der Waals surface area contributed by atoms with Crippen molar-refractivity contribution in [2.75, 3.05) is 13.1 Å². The van der Waals surface area contributed by atoms with Gasteiger partial charge in [-0.15, -0.1) is 29.9 Å². The van der Waals surface area contributed by atoms with Gasteiger partial charge < -0.3 is 5.32 Å². The third-order valence-corrected chi connectivity index (χ3v) is 2.60. The summed E-state index contributed by atoms with van der Waals surface area (Å²) in [5.41, 5.74) is 1.89. The maximum atomic E-state index is 4.13. The molecule has 0 amide bonds. The van der Waals surface area contributed by atoms with E-state index in [0.29, 0.717) is 6.04 Å². The number of hydrogen-bond donors (Lipinski definition) is 1. The molecule has 0 radical (unpaired) electrons. The Morgan fingerprint density at radius 2 is 2.12 bits per heavy atom. The lowest BCUT2D eigenvalue weighted by Gasteiger charge is -2.26. The van der Waals surface area contributed by atoms with Crippen LogP contribution in [0, 0.1) is 0 Å². The highest BCUT2D eigenvalue weighted by Crippen LogP contribution is 2.17. The molecule has 3 rings (SSSR count). The van der Waals surface area contributed by atoms with Crippen LogP contribution in [-0.2, 0) is 0 Å². The molecule has 0 unspecified atom stereocenters. The highest BCUT2D eigenvalue weighted by molar-refractivity contribution is 5.85. The molecule has 1 aliphatic rings. The predicted octanol–water partition coefficient (Wildman–Crippen LogP) is 1.33. The first-order valence-corrected chi connectivity index (χ1v) is 4.96. The van der Waals surface area contributed by atoms with Gasteiger partial charge in [-0.1, -0.05) is 5.21 Å². The van der Waals surface area contributed by atoms with Crippen molar-refractivity contribution in [3.8, 4) is 11.3 Å². The zero-order valence-corrected chi connectivity index (χ0v) is 10.6. The standard InChI is InChI=1S/C10H11N5.2ClH/c1-2-8(4-11-3-1)10-7-15(14-13-10)9-5-12-6-9;;/h1-4,7,9,12H,5-6H2;2*1H. The minimum absolute atomic E-state index is 0. The monoisotopic (exact) mass is 273 g/mol. The van der Waals surface area contributed by atoms with Crippen molar-refractivity contribution in [1.29, 1.82) is 0 Å². The Kier molecular flexibility index (Phi) is 4.86. The summed E-state index contributed by atoms with van der Waals surface area (Å²) in [6.07, 6.45) is 5.53. The van der Waals surface area contributed by atoms with Crippen molar-refractivity contribution >= 4 is 24.8 Å². The molecule has 5 nitrogen and oxygen atoms in total. The van der Waals surface area contributed by atoms with Crippen molar-refractivity contribution in [3.05, 3.63) is 30.7 Å². The summed E-state index contributed by atoms with van der Waals surface area (Å²) in [7, 11) is 0. The van der Waals surface area contributed by atoms with E-state index in [1.807, 2.05) is 23.0 Å². The Bertz CT molecular complexity index is 455. The minimum Gasteiger partial charge on any atom is -0.312 e. The van der Waals surface area contributed by atoms with Gasteiger partial charge in [0, 0.05) is 31.0 Å². The number of pyridine rings is 1. The van der Waals surface area contributed by atoms with Crippen LogP contribution in [0.3, 0.4) is 0 Å². The van der Waals surface area contributed by atoms with Gasteiger partial charge in [-0.25, -0.2) is 4.68 Å². The minimum atomic E-state index is 0. The van der Waals surface area contributed by atoms with E-state index in [1.165, 1.54) is 0 Å². The number of halogens is 2. The number of nitrogens with zero attached hydrogens (tertiary/aromatic N) is 4. The van der Waals surface area contributed by atoms with Crippen LogP contribution in [0.15, 0.2) is 30.7 Å². The van der Waals surface area contributed by atoms with Crippen LogP contribution in [-0.4, -0.2) is 33.1 Å². The van der Waals surface area contributed by atoms with Crippen LogP contribution in [0.4, 0.5) is 0 Å². The lowest BCUT2D eigenvalue weighted by atomic mass is 10.2. The van der Waals surface area contributed by atoms with Gasteiger partial charge in [-0.2, -0.15) is 0 Å². The summed E-state index contributed by atoms with van der Waals surface area (Å²) in [5.74, 6) is 0. The summed E-state index contributed by atoms with van der Waals surface area (Å²) < 4.78 is 1.92. The number of aromatic nitrogens is 4. The van der Waals surface area contributed by atoms with Crippen molar-refractivity contribution in [1.82, 2.24) is 25.3 Å². The Labute approximate surface area is 111 Å². The molecule has 2 aromatic heterocycles. The SMILES string of the molecule is Cl.Cl.c1cncc(-c2cn(C3CNC3)nn2)c1. The van der Waals surface area contributed by atoms with E-state index in [2.05, 4.69) is 20.6 Å². The van der Waals surface area contributed by atoms with Crippen LogP contribution < -0.4 is 5.32 Å². The molecule has 92 valence electrons. The van der Waals surface area contributed by atoms with E-state index in [9.17, 15) is 0 Å². The first-order chi connectivity index (χ1) is 7.43. The molecule has 1 fully saturated rings. The maximum absolute atomic E-state index is 4.13. The molecular formula is C10H13Cl2N5. The molecule has 7 heteroatoms. The molecule has 0 aliphatic carbocycles. The Morgan fingerprint density at radius 3 is 2.71 bits per heavy atom. The molecule has 3 heterocycles. The fourth-order valence-electron chi connectivity index (χ4n) is 1.56. The fraction of sp³-hybridized carbons (Fsp3) is 0.300. The average molecular weight is 274 g/mol. The molecule has 0 spiro atoms. The first-order valence-electron chi connectivity index (χ1n) is 4.96. The fourth-order valence-corrected chi connectivity index (χ4v) is 1.56. The number of nitrogens with one attached hydrogen (secondary N) is 1. The zero-order valence-electron chi connectivity index (χ0n) is 8.98. The summed E-state index contributed by atoms with van der Waals surface area (Å²) in [6.45, 7) is 1.96. The predicted molar refractivity (Wildman–Crippen MR) is 69.7 cm³/mol. The molecule has 1 aliphatic heterocycles. The van der Waals surface area contributed by atoms with E-state index in [0.717, 1.165) is 24.3 Å². The van der Waals surface area contributed by atoms with Gasteiger partial charge in [0.15, 0.2) is 0 Å². The van der Waals surface area contributed by atoms with Crippen molar-refractivity contribution in [2.24, 2.45) is 0 Å². The molecule has 0 aromatic carbocycles. The second-order valence-electron chi connectivity index (χ2n) is 3.64. The quantitative estimate of drug-likeness (QED) is 0.897. The summed E-state index contributed by atoms with van der Waals surface area (Å²) in [5, 5.41) is 11.5. The molecule has 0 atom stereocenters. The van der Waals surface area contributed by atoms with Gasteiger partial charge in [0.05, 0.1) is 12.2 Å². The summed E-state index contributed by atoms with van der Waals surface area (Å²) >= 11 is 0. The Morgan fingerprint density at radius 1 is 1.29 bits per heavy atom. The lowest BCUT2D eigenvalue weighted by molar-refractivity contribution is 0.313. The van der Waals surface area contributed by atoms with E-state index in [1.54, 1.807) is 12.4 Å². The zero-order chi connectivity index (χ0) is 10.1. The second-order valence-corrected chi connectivity index (χ2v) is 3.64. The number of hydrogen-bond acceptors (Lipinski definition) is 4. The van der Waals surface area contributed by atoms with Gasteiger partial charge in [0.2, 0.25) is 0 Å². The Balaban J connectivity index is 0.000000722. The molecular weight excluding hydrogens is 261 g/mol. The lowest BCUT2D eigenvalue weighted by Crippen LogP contribution is -2.43. The highest BCUT2D eigenvalue weighted by atomic mass is 35.5. The third kappa shape index (κ3) is 2.74. The smallest absolute Gasteiger partial charge is 0.114 e. The summed E-state index contributed by atoms with van der Waals surface area (Å²) in [4.78, 5) is 4.06. The normalized spacial score (nSPS) is 14.4. The van der Waals surface area contributed by atoms with Crippen LogP contribution >= 0.6 is 24.8 Å². The third-order valence-electron chi connectivity index (χ3n) is 2.60. The largest absolute Gasteiger partial charge is 0.312 e. The molecule has 0 bridgehead atoms. The average Bonchev–Trinajstić information content (AvgIpc) is 2.66. The Hall–Kier alpha value is -1.17. The maximum Gasteiger partial charge on any atom is 0.114 e. The van der Waals surface area contributed by atoms with Gasteiger partial charge in [-0.3, -0.25) is 4.98 Å². The highest BCUT2D eigenvalue weighted by Gasteiger charge is 2.20. The molecule has 17 heavy (non-hydrogen) atoms. The number of rotatable bonds is 2. The van der Waals surface area contributed by atoms with Crippen LogP contribution in [0.5, 0.6) is 0 Å². The van der Waals surface area contributed by atoms with Gasteiger partial charge >= 0.3 is 0 Å². The molecule has 1 N–H and O–H groups in total. The van der Waals surface area contributed by atoms with Gasteiger partial charge in [0.25, 0.3) is 0 Å². The molecule has 2 aromatic rings. The van der Waals surface area contributed by atoms with Crippen molar-refractivity contribution in [2.45, 2.75) is 6.04 Å². The second kappa shape index (κ2) is 5.95. The van der Waals surface area contributed by atoms with Crippen molar-refractivity contribution < 1.29 is 0 Å². The van der Waals surface area contributed by atoms with E-state index < -0.39 is 0 Å². The molecule has 0 saturated carbocycles. The summed E-state index contributed by atoms with van der Waals surface area (Å²) in [6, 6.07) is 4.35. The van der Waals surface area contributed by atoms with Crippen LogP contribution in [0.1, 0.15) is 6.04 Å². The van der Waals surface area contributed by atoms with Crippen LogP contribution in [0.2, 0.25) is 0 Å². The van der Waals surface area contributed by atoms with E-state index in [-0.39, 0.29) is 24.8 Å². The van der Waals surface area contributed by atoms with E-state index in [4.69, 9.17) is 0 Å². The first kappa shape index (κ1) is 13.9. The van der Waals surface area contributed by atoms with Gasteiger partial charge in [0.1, 0.15) is 5.69 Å².